The summed E-state index contributed by atoms with van der Waals surface area (Å²) >= 11 is 0. The molecule has 2 rings (SSSR count). The van der Waals surface area contributed by atoms with Crippen LogP contribution >= 0.6 is 0 Å². The molecule has 0 amide bonds. The smallest absolute Gasteiger partial charge is 0.126 e. The van der Waals surface area contributed by atoms with Crippen molar-refractivity contribution in [3.63, 3.8) is 0 Å². The van der Waals surface area contributed by atoms with Crippen molar-refractivity contribution >= 4 is 0 Å². The van der Waals surface area contributed by atoms with Gasteiger partial charge in [0.2, 0.25) is 0 Å². The summed E-state index contributed by atoms with van der Waals surface area (Å²) in [5.74, 6) is -0.953. The molecule has 0 aromatic heterocycles. The van der Waals surface area contributed by atoms with Gasteiger partial charge in [-0.05, 0) is 49.9 Å². The average molecular weight is 267 g/mol. The zero-order chi connectivity index (χ0) is 13.7. The standard InChI is InChI=1S/C16H23F2N/c1-2-6-16(7-4-3-5-8-19-16)12-13-9-14(17)11-15(18)10-13/h9-11,19H,2-8,12H2,1H3. The molecule has 1 nitrogen and oxygen atoms in total. The lowest BCUT2D eigenvalue weighted by Gasteiger charge is -2.34. The van der Waals surface area contributed by atoms with Crippen LogP contribution in [0.1, 0.15) is 51.0 Å². The van der Waals surface area contributed by atoms with Crippen LogP contribution in [0.15, 0.2) is 18.2 Å². The third-order valence-corrected chi connectivity index (χ3v) is 4.03. The van der Waals surface area contributed by atoms with Crippen LogP contribution in [-0.4, -0.2) is 12.1 Å². The van der Waals surface area contributed by atoms with E-state index in [1.165, 1.54) is 31.4 Å². The van der Waals surface area contributed by atoms with E-state index in [1.54, 1.807) is 0 Å². The van der Waals surface area contributed by atoms with Crippen molar-refractivity contribution in [2.45, 2.75) is 57.4 Å². The quantitative estimate of drug-likeness (QED) is 0.861. The molecule has 1 fully saturated rings. The zero-order valence-corrected chi connectivity index (χ0v) is 11.6. The lowest BCUT2D eigenvalue weighted by atomic mass is 9.82. The third-order valence-electron chi connectivity index (χ3n) is 4.03. The Morgan fingerprint density at radius 2 is 1.84 bits per heavy atom. The van der Waals surface area contributed by atoms with E-state index >= 15 is 0 Å². The number of hydrogen-bond acceptors (Lipinski definition) is 1. The highest BCUT2D eigenvalue weighted by Crippen LogP contribution is 2.28. The van der Waals surface area contributed by atoms with Crippen LogP contribution in [0.5, 0.6) is 0 Å². The van der Waals surface area contributed by atoms with Crippen molar-refractivity contribution in [3.8, 4) is 0 Å². The van der Waals surface area contributed by atoms with Gasteiger partial charge in [0.05, 0.1) is 0 Å². The van der Waals surface area contributed by atoms with Crippen molar-refractivity contribution in [1.82, 2.24) is 5.32 Å². The Bertz CT molecular complexity index is 389. The Hall–Kier alpha value is -0.960. The summed E-state index contributed by atoms with van der Waals surface area (Å²) in [6.07, 6.45) is 7.61. The Kier molecular flexibility index (Phi) is 4.92. The fourth-order valence-corrected chi connectivity index (χ4v) is 3.24. The van der Waals surface area contributed by atoms with Crippen molar-refractivity contribution in [2.24, 2.45) is 0 Å². The molecule has 1 atom stereocenters. The van der Waals surface area contributed by atoms with Gasteiger partial charge in [0, 0.05) is 11.6 Å². The highest BCUT2D eigenvalue weighted by molar-refractivity contribution is 5.20. The summed E-state index contributed by atoms with van der Waals surface area (Å²) in [4.78, 5) is 0. The first-order valence-corrected chi connectivity index (χ1v) is 7.33. The number of benzene rings is 1. The largest absolute Gasteiger partial charge is 0.311 e. The van der Waals surface area contributed by atoms with Crippen LogP contribution in [-0.2, 0) is 6.42 Å². The molecule has 0 bridgehead atoms. The summed E-state index contributed by atoms with van der Waals surface area (Å²) in [5.41, 5.74) is 0.784. The predicted molar refractivity (Wildman–Crippen MR) is 74.2 cm³/mol. The van der Waals surface area contributed by atoms with E-state index < -0.39 is 11.6 Å². The van der Waals surface area contributed by atoms with Crippen molar-refractivity contribution in [1.29, 1.82) is 0 Å². The minimum absolute atomic E-state index is 0.0193. The highest BCUT2D eigenvalue weighted by Gasteiger charge is 2.30. The van der Waals surface area contributed by atoms with Gasteiger partial charge in [-0.1, -0.05) is 26.2 Å². The SMILES string of the molecule is CCCC1(Cc2cc(F)cc(F)c2)CCCCCN1. The normalized spacial score (nSPS) is 24.2. The van der Waals surface area contributed by atoms with Gasteiger partial charge in [-0.3, -0.25) is 0 Å². The molecule has 0 radical (unpaired) electrons. The van der Waals surface area contributed by atoms with Gasteiger partial charge in [-0.2, -0.15) is 0 Å². The lowest BCUT2D eigenvalue weighted by molar-refractivity contribution is 0.287. The maximum absolute atomic E-state index is 13.3. The van der Waals surface area contributed by atoms with Crippen LogP contribution < -0.4 is 5.32 Å². The lowest BCUT2D eigenvalue weighted by Crippen LogP contribution is -2.46. The second-order valence-electron chi connectivity index (χ2n) is 5.72. The van der Waals surface area contributed by atoms with Crippen LogP contribution in [0.25, 0.3) is 0 Å². The van der Waals surface area contributed by atoms with Gasteiger partial charge >= 0.3 is 0 Å². The molecule has 1 heterocycles. The fourth-order valence-electron chi connectivity index (χ4n) is 3.24. The number of halogens is 2. The molecule has 1 unspecified atom stereocenters. The average Bonchev–Trinajstić information content (AvgIpc) is 2.54. The van der Waals surface area contributed by atoms with E-state index in [0.29, 0.717) is 0 Å². The second kappa shape index (κ2) is 6.47. The van der Waals surface area contributed by atoms with Crippen LogP contribution in [0.3, 0.4) is 0 Å². The fraction of sp³-hybridized carbons (Fsp3) is 0.625. The van der Waals surface area contributed by atoms with Crippen molar-refractivity contribution in [2.75, 3.05) is 6.54 Å². The zero-order valence-electron chi connectivity index (χ0n) is 11.6. The molecule has 3 heteroatoms. The van der Waals surface area contributed by atoms with Crippen LogP contribution in [0.2, 0.25) is 0 Å². The highest BCUT2D eigenvalue weighted by atomic mass is 19.1. The van der Waals surface area contributed by atoms with Gasteiger partial charge in [0.1, 0.15) is 11.6 Å². The van der Waals surface area contributed by atoms with E-state index in [9.17, 15) is 8.78 Å². The molecular formula is C16H23F2N. The first kappa shape index (κ1) is 14.4. The minimum Gasteiger partial charge on any atom is -0.311 e. The van der Waals surface area contributed by atoms with Crippen LogP contribution in [0.4, 0.5) is 8.78 Å². The Balaban J connectivity index is 2.18. The van der Waals surface area contributed by atoms with Gasteiger partial charge in [-0.25, -0.2) is 8.78 Å². The maximum atomic E-state index is 13.3. The molecule has 1 aromatic carbocycles. The Labute approximate surface area is 114 Å². The molecule has 1 N–H and O–H groups in total. The van der Waals surface area contributed by atoms with E-state index in [4.69, 9.17) is 0 Å². The maximum Gasteiger partial charge on any atom is 0.126 e. The van der Waals surface area contributed by atoms with E-state index in [-0.39, 0.29) is 5.54 Å². The van der Waals surface area contributed by atoms with Gasteiger partial charge in [0.25, 0.3) is 0 Å². The van der Waals surface area contributed by atoms with Gasteiger partial charge in [0.15, 0.2) is 0 Å². The summed E-state index contributed by atoms with van der Waals surface area (Å²) in [7, 11) is 0. The molecule has 106 valence electrons. The summed E-state index contributed by atoms with van der Waals surface area (Å²) in [5, 5.41) is 3.64. The van der Waals surface area contributed by atoms with Crippen LogP contribution in [0, 0.1) is 11.6 Å². The summed E-state index contributed by atoms with van der Waals surface area (Å²) in [6, 6.07) is 3.87. The van der Waals surface area contributed by atoms with Crippen molar-refractivity contribution < 1.29 is 8.78 Å². The second-order valence-corrected chi connectivity index (χ2v) is 5.72. The van der Waals surface area contributed by atoms with E-state index in [1.807, 2.05) is 0 Å². The number of nitrogens with one attached hydrogen (secondary N) is 1. The monoisotopic (exact) mass is 267 g/mol. The molecule has 1 saturated heterocycles. The Morgan fingerprint density at radius 3 is 2.53 bits per heavy atom. The number of rotatable bonds is 4. The van der Waals surface area contributed by atoms with Crippen molar-refractivity contribution in [3.05, 3.63) is 35.4 Å². The van der Waals surface area contributed by atoms with E-state index in [2.05, 4.69) is 12.2 Å². The molecular weight excluding hydrogens is 244 g/mol. The summed E-state index contributed by atoms with van der Waals surface area (Å²) < 4.78 is 26.6. The molecule has 1 aliphatic heterocycles. The summed E-state index contributed by atoms with van der Waals surface area (Å²) in [6.45, 7) is 3.18. The number of hydrogen-bond donors (Lipinski definition) is 1. The Morgan fingerprint density at radius 1 is 1.11 bits per heavy atom. The topological polar surface area (TPSA) is 12.0 Å². The minimum atomic E-state index is -0.477. The van der Waals surface area contributed by atoms with Gasteiger partial charge < -0.3 is 5.32 Å². The first-order valence-electron chi connectivity index (χ1n) is 7.33. The molecule has 0 saturated carbocycles. The molecule has 1 aliphatic rings. The first-order chi connectivity index (χ1) is 9.13. The van der Waals surface area contributed by atoms with E-state index in [0.717, 1.165) is 43.9 Å². The predicted octanol–water partition coefficient (Wildman–Crippen LogP) is 4.21. The molecule has 1 aromatic rings. The third kappa shape index (κ3) is 4.00. The molecule has 0 spiro atoms. The molecule has 0 aliphatic carbocycles. The molecule has 19 heavy (non-hydrogen) atoms. The van der Waals surface area contributed by atoms with Gasteiger partial charge in [-0.15, -0.1) is 0 Å².